The Kier molecular flexibility index (Phi) is 4.11. The summed E-state index contributed by atoms with van der Waals surface area (Å²) in [5.74, 6) is 0. The van der Waals surface area contributed by atoms with E-state index in [4.69, 9.17) is 0 Å². The average molecular weight is 338 g/mol. The molecule has 0 aliphatic carbocycles. The number of carbonyl (C=O) groups is 1. The standard InChI is InChI=1S/C24H18O2/c25-15-5-14-24(26,22-12-10-18-6-1-3-8-20(18)16-22)23-13-11-19-7-2-4-9-21(19)17-23/h1-17,26H/b14-5+. The van der Waals surface area contributed by atoms with E-state index in [1.807, 2.05) is 84.9 Å². The number of carbonyl (C=O) groups excluding carboxylic acids is 1. The third-order valence-corrected chi connectivity index (χ3v) is 4.80. The molecule has 0 bridgehead atoms. The minimum absolute atomic E-state index is 0.688. The highest BCUT2D eigenvalue weighted by atomic mass is 16.3. The zero-order chi connectivity index (χ0) is 18.0. The van der Waals surface area contributed by atoms with Crippen LogP contribution in [0.5, 0.6) is 0 Å². The van der Waals surface area contributed by atoms with Crippen LogP contribution in [0.25, 0.3) is 21.5 Å². The van der Waals surface area contributed by atoms with Crippen LogP contribution in [0.2, 0.25) is 0 Å². The van der Waals surface area contributed by atoms with Crippen LogP contribution in [0.4, 0.5) is 0 Å². The molecule has 0 atom stereocenters. The van der Waals surface area contributed by atoms with Gasteiger partial charge in [0.2, 0.25) is 0 Å². The third kappa shape index (κ3) is 2.81. The first-order valence-corrected chi connectivity index (χ1v) is 8.55. The fourth-order valence-corrected chi connectivity index (χ4v) is 3.39. The van der Waals surface area contributed by atoms with Crippen molar-refractivity contribution in [1.82, 2.24) is 0 Å². The van der Waals surface area contributed by atoms with E-state index in [9.17, 15) is 9.90 Å². The van der Waals surface area contributed by atoms with Gasteiger partial charge in [0.15, 0.2) is 0 Å². The van der Waals surface area contributed by atoms with Gasteiger partial charge < -0.3 is 5.11 Å². The van der Waals surface area contributed by atoms with Crippen molar-refractivity contribution in [3.63, 3.8) is 0 Å². The second-order valence-corrected chi connectivity index (χ2v) is 6.39. The topological polar surface area (TPSA) is 37.3 Å². The molecule has 0 amide bonds. The summed E-state index contributed by atoms with van der Waals surface area (Å²) in [5, 5.41) is 15.9. The van der Waals surface area contributed by atoms with Crippen LogP contribution in [0.3, 0.4) is 0 Å². The lowest BCUT2D eigenvalue weighted by Crippen LogP contribution is -2.24. The monoisotopic (exact) mass is 338 g/mol. The summed E-state index contributed by atoms with van der Waals surface area (Å²) >= 11 is 0. The number of fused-ring (bicyclic) bond motifs is 2. The van der Waals surface area contributed by atoms with Crippen molar-refractivity contribution in [3.8, 4) is 0 Å². The van der Waals surface area contributed by atoms with Gasteiger partial charge in [0.25, 0.3) is 0 Å². The lowest BCUT2D eigenvalue weighted by molar-refractivity contribution is -0.104. The Balaban J connectivity index is 1.93. The van der Waals surface area contributed by atoms with E-state index in [-0.39, 0.29) is 0 Å². The number of rotatable bonds is 4. The Bertz CT molecular complexity index is 1050. The maximum atomic E-state index is 11.6. The van der Waals surface area contributed by atoms with Crippen LogP contribution >= 0.6 is 0 Å². The van der Waals surface area contributed by atoms with Crippen LogP contribution in [-0.4, -0.2) is 11.4 Å². The van der Waals surface area contributed by atoms with Crippen molar-refractivity contribution in [3.05, 3.63) is 108 Å². The molecule has 26 heavy (non-hydrogen) atoms. The molecular weight excluding hydrogens is 320 g/mol. The van der Waals surface area contributed by atoms with Crippen LogP contribution in [-0.2, 0) is 10.4 Å². The highest BCUT2D eigenvalue weighted by Gasteiger charge is 2.29. The largest absolute Gasteiger partial charge is 0.377 e. The zero-order valence-corrected chi connectivity index (χ0v) is 14.2. The van der Waals surface area contributed by atoms with E-state index in [0.29, 0.717) is 6.29 Å². The lowest BCUT2D eigenvalue weighted by atomic mass is 9.84. The molecule has 0 aliphatic rings. The van der Waals surface area contributed by atoms with Crippen molar-refractivity contribution in [2.45, 2.75) is 5.60 Å². The van der Waals surface area contributed by atoms with Gasteiger partial charge in [0, 0.05) is 0 Å². The molecule has 0 radical (unpaired) electrons. The van der Waals surface area contributed by atoms with Gasteiger partial charge in [-0.05, 0) is 57.0 Å². The molecule has 0 aliphatic heterocycles. The maximum absolute atomic E-state index is 11.6. The molecule has 2 nitrogen and oxygen atoms in total. The Morgan fingerprint density at radius 3 is 1.58 bits per heavy atom. The van der Waals surface area contributed by atoms with Crippen molar-refractivity contribution in [1.29, 1.82) is 0 Å². The van der Waals surface area contributed by atoms with Gasteiger partial charge in [0.05, 0.1) is 0 Å². The third-order valence-electron chi connectivity index (χ3n) is 4.80. The molecular formula is C24H18O2. The number of allylic oxidation sites excluding steroid dienone is 1. The average Bonchev–Trinajstić information content (AvgIpc) is 2.71. The Morgan fingerprint density at radius 2 is 1.12 bits per heavy atom. The van der Waals surface area contributed by atoms with Gasteiger partial charge in [-0.1, -0.05) is 72.8 Å². The molecule has 0 heterocycles. The molecule has 4 aromatic carbocycles. The fourth-order valence-electron chi connectivity index (χ4n) is 3.39. The number of aliphatic hydroxyl groups is 1. The van der Waals surface area contributed by atoms with E-state index in [1.54, 1.807) is 6.08 Å². The molecule has 0 aromatic heterocycles. The summed E-state index contributed by atoms with van der Waals surface area (Å²) in [6.07, 6.45) is 3.59. The van der Waals surface area contributed by atoms with Gasteiger partial charge >= 0.3 is 0 Å². The minimum Gasteiger partial charge on any atom is -0.377 e. The van der Waals surface area contributed by atoms with E-state index < -0.39 is 5.60 Å². The second-order valence-electron chi connectivity index (χ2n) is 6.39. The van der Waals surface area contributed by atoms with E-state index in [0.717, 1.165) is 32.7 Å². The van der Waals surface area contributed by atoms with E-state index in [2.05, 4.69) is 0 Å². The van der Waals surface area contributed by atoms with Crippen molar-refractivity contribution in [2.24, 2.45) is 0 Å². The zero-order valence-electron chi connectivity index (χ0n) is 14.2. The molecule has 0 fully saturated rings. The van der Waals surface area contributed by atoms with E-state index in [1.165, 1.54) is 6.08 Å². The molecule has 0 saturated carbocycles. The molecule has 126 valence electrons. The SMILES string of the molecule is O=C/C=C/C(O)(c1ccc2ccccc2c1)c1ccc2ccccc2c1. The summed E-state index contributed by atoms with van der Waals surface area (Å²) in [6, 6.07) is 27.8. The summed E-state index contributed by atoms with van der Waals surface area (Å²) in [4.78, 5) is 10.9. The van der Waals surface area contributed by atoms with Crippen LogP contribution in [0, 0.1) is 0 Å². The van der Waals surface area contributed by atoms with Gasteiger partial charge in [-0.25, -0.2) is 0 Å². The first-order valence-electron chi connectivity index (χ1n) is 8.55. The van der Waals surface area contributed by atoms with Gasteiger partial charge in [-0.3, -0.25) is 4.79 Å². The molecule has 0 spiro atoms. The summed E-state index contributed by atoms with van der Waals surface area (Å²) < 4.78 is 0. The molecule has 0 unspecified atom stereocenters. The van der Waals surface area contributed by atoms with E-state index >= 15 is 0 Å². The second kappa shape index (κ2) is 6.58. The molecule has 2 heteroatoms. The fraction of sp³-hybridized carbons (Fsp3) is 0.0417. The van der Waals surface area contributed by atoms with Crippen molar-refractivity contribution >= 4 is 27.8 Å². The summed E-state index contributed by atoms with van der Waals surface area (Å²) in [6.45, 7) is 0. The highest BCUT2D eigenvalue weighted by Crippen LogP contribution is 2.34. The van der Waals surface area contributed by atoms with Crippen LogP contribution < -0.4 is 0 Å². The minimum atomic E-state index is -1.38. The number of aldehydes is 1. The van der Waals surface area contributed by atoms with Gasteiger partial charge in [-0.2, -0.15) is 0 Å². The molecule has 4 rings (SSSR count). The van der Waals surface area contributed by atoms with Gasteiger partial charge in [-0.15, -0.1) is 0 Å². The Morgan fingerprint density at radius 1 is 0.654 bits per heavy atom. The lowest BCUT2D eigenvalue weighted by Gasteiger charge is -2.26. The Labute approximate surface area is 152 Å². The summed E-state index contributed by atoms with van der Waals surface area (Å²) in [5.41, 5.74) is 0.0729. The van der Waals surface area contributed by atoms with Crippen LogP contribution in [0.1, 0.15) is 11.1 Å². The van der Waals surface area contributed by atoms with Crippen molar-refractivity contribution < 1.29 is 9.90 Å². The first kappa shape index (κ1) is 16.2. The summed E-state index contributed by atoms with van der Waals surface area (Å²) in [7, 11) is 0. The van der Waals surface area contributed by atoms with Crippen molar-refractivity contribution in [2.75, 3.05) is 0 Å². The normalized spacial score (nSPS) is 12.0. The quantitative estimate of drug-likeness (QED) is 0.421. The molecule has 0 saturated heterocycles. The maximum Gasteiger partial charge on any atom is 0.142 e. The Hall–Kier alpha value is -3.23. The first-order chi connectivity index (χ1) is 12.7. The predicted molar refractivity (Wildman–Crippen MR) is 106 cm³/mol. The highest BCUT2D eigenvalue weighted by molar-refractivity contribution is 5.85. The number of benzene rings is 4. The smallest absolute Gasteiger partial charge is 0.142 e. The van der Waals surface area contributed by atoms with Gasteiger partial charge in [0.1, 0.15) is 11.9 Å². The number of hydrogen-bond acceptors (Lipinski definition) is 2. The number of hydrogen-bond donors (Lipinski definition) is 1. The predicted octanol–water partition coefficient (Wildman–Crippen LogP) is 4.98. The molecule has 1 N–H and O–H groups in total. The van der Waals surface area contributed by atoms with Crippen LogP contribution in [0.15, 0.2) is 97.1 Å². The molecule has 4 aromatic rings.